The van der Waals surface area contributed by atoms with Crippen LogP contribution in [0.3, 0.4) is 0 Å². The van der Waals surface area contributed by atoms with Crippen LogP contribution >= 0.6 is 0 Å². The summed E-state index contributed by atoms with van der Waals surface area (Å²) in [5.74, 6) is 0.399. The molecule has 0 aliphatic carbocycles. The number of rotatable bonds is 6. The highest BCUT2D eigenvalue weighted by Crippen LogP contribution is 2.13. The average Bonchev–Trinajstić information content (AvgIpc) is 2.78. The van der Waals surface area contributed by atoms with Gasteiger partial charge in [0.05, 0.1) is 5.69 Å². The Labute approximate surface area is 143 Å². The molecule has 0 atom stereocenters. The Bertz CT molecular complexity index is 733. The molecule has 0 saturated heterocycles. The number of carbonyl (C=O) groups is 1. The van der Waals surface area contributed by atoms with Crippen LogP contribution in [0.1, 0.15) is 47.0 Å². The number of amides is 1. The minimum Gasteiger partial charge on any atom is -0.346 e. The Morgan fingerprint density at radius 3 is 2.42 bits per heavy atom. The molecule has 24 heavy (non-hydrogen) atoms. The average molecular weight is 330 g/mol. The van der Waals surface area contributed by atoms with Crippen LogP contribution in [0.15, 0.2) is 6.07 Å². The second kappa shape index (κ2) is 7.42. The summed E-state index contributed by atoms with van der Waals surface area (Å²) in [6, 6.07) is 1.71. The third kappa shape index (κ3) is 3.72. The highest BCUT2D eigenvalue weighted by molar-refractivity contribution is 5.92. The molecule has 2 aromatic rings. The molecule has 0 fully saturated rings. The molecule has 0 aliphatic heterocycles. The number of aromatic nitrogens is 4. The van der Waals surface area contributed by atoms with Crippen molar-refractivity contribution in [2.45, 2.75) is 41.2 Å². The first-order valence-corrected chi connectivity index (χ1v) is 8.25. The number of nitrogens with one attached hydrogen (secondary N) is 1. The van der Waals surface area contributed by atoms with Crippen LogP contribution in [0.4, 0.5) is 5.95 Å². The minimum atomic E-state index is -0.198. The van der Waals surface area contributed by atoms with Gasteiger partial charge in [-0.1, -0.05) is 0 Å². The van der Waals surface area contributed by atoms with Gasteiger partial charge in [0.25, 0.3) is 5.91 Å². The molecule has 1 N–H and O–H groups in total. The number of aryl methyl sites for hydroxylation is 3. The predicted octanol–water partition coefficient (Wildman–Crippen LogP) is 1.91. The molecule has 7 nitrogen and oxygen atoms in total. The van der Waals surface area contributed by atoms with E-state index < -0.39 is 0 Å². The Kier molecular flexibility index (Phi) is 5.54. The molecule has 130 valence electrons. The van der Waals surface area contributed by atoms with Crippen LogP contribution in [-0.4, -0.2) is 38.7 Å². The van der Waals surface area contributed by atoms with Gasteiger partial charge >= 0.3 is 0 Å². The molecule has 2 aromatic heterocycles. The highest BCUT2D eigenvalue weighted by atomic mass is 16.1. The maximum absolute atomic E-state index is 12.5. The zero-order chi connectivity index (χ0) is 17.9. The molecular weight excluding hydrogens is 304 g/mol. The molecule has 0 aliphatic rings. The molecule has 2 rings (SSSR count). The second-order valence-electron chi connectivity index (χ2n) is 5.82. The fourth-order valence-electron chi connectivity index (χ4n) is 2.65. The summed E-state index contributed by atoms with van der Waals surface area (Å²) >= 11 is 0. The third-order valence-corrected chi connectivity index (χ3v) is 4.21. The van der Waals surface area contributed by atoms with E-state index in [-0.39, 0.29) is 5.91 Å². The lowest BCUT2D eigenvalue weighted by Gasteiger charge is -2.19. The smallest absolute Gasteiger partial charge is 0.270 e. The van der Waals surface area contributed by atoms with Crippen molar-refractivity contribution in [3.8, 4) is 0 Å². The first-order valence-electron chi connectivity index (χ1n) is 8.25. The van der Waals surface area contributed by atoms with Crippen molar-refractivity contribution in [1.29, 1.82) is 0 Å². The Hall–Kier alpha value is -2.44. The summed E-state index contributed by atoms with van der Waals surface area (Å²) in [6.45, 7) is 11.9. The van der Waals surface area contributed by atoms with Crippen molar-refractivity contribution in [3.05, 3.63) is 34.4 Å². The van der Waals surface area contributed by atoms with Gasteiger partial charge < -0.3 is 10.2 Å². The van der Waals surface area contributed by atoms with E-state index in [0.29, 0.717) is 18.2 Å². The molecule has 2 heterocycles. The normalized spacial score (nSPS) is 10.8. The van der Waals surface area contributed by atoms with Crippen molar-refractivity contribution in [1.82, 2.24) is 25.1 Å². The van der Waals surface area contributed by atoms with Crippen molar-refractivity contribution in [3.63, 3.8) is 0 Å². The van der Waals surface area contributed by atoms with Gasteiger partial charge in [0, 0.05) is 43.6 Å². The van der Waals surface area contributed by atoms with E-state index in [1.165, 1.54) is 0 Å². The van der Waals surface area contributed by atoms with Crippen LogP contribution < -0.4 is 10.2 Å². The minimum absolute atomic E-state index is 0.198. The van der Waals surface area contributed by atoms with Crippen molar-refractivity contribution >= 4 is 11.9 Å². The topological polar surface area (TPSA) is 75.9 Å². The van der Waals surface area contributed by atoms with Crippen LogP contribution in [-0.2, 0) is 13.6 Å². The van der Waals surface area contributed by atoms with Gasteiger partial charge in [-0.15, -0.1) is 0 Å². The highest BCUT2D eigenvalue weighted by Gasteiger charge is 2.15. The van der Waals surface area contributed by atoms with Gasteiger partial charge in [0.1, 0.15) is 5.69 Å². The first kappa shape index (κ1) is 17.9. The monoisotopic (exact) mass is 330 g/mol. The maximum atomic E-state index is 12.5. The lowest BCUT2D eigenvalue weighted by atomic mass is 10.2. The van der Waals surface area contributed by atoms with Gasteiger partial charge in [-0.3, -0.25) is 9.48 Å². The van der Waals surface area contributed by atoms with E-state index in [2.05, 4.69) is 20.4 Å². The maximum Gasteiger partial charge on any atom is 0.270 e. The van der Waals surface area contributed by atoms with Crippen LogP contribution in [0, 0.1) is 20.8 Å². The summed E-state index contributed by atoms with van der Waals surface area (Å²) in [7, 11) is 1.90. The summed E-state index contributed by atoms with van der Waals surface area (Å²) in [6.07, 6.45) is 0. The van der Waals surface area contributed by atoms with E-state index in [1.807, 2.05) is 51.2 Å². The summed E-state index contributed by atoms with van der Waals surface area (Å²) < 4.78 is 1.82. The summed E-state index contributed by atoms with van der Waals surface area (Å²) in [5.41, 5.74) is 4.20. The number of hydrogen-bond donors (Lipinski definition) is 1. The quantitative estimate of drug-likeness (QED) is 0.875. The Morgan fingerprint density at radius 2 is 1.88 bits per heavy atom. The number of anilines is 1. The molecule has 0 radical (unpaired) electrons. The largest absolute Gasteiger partial charge is 0.346 e. The zero-order valence-electron chi connectivity index (χ0n) is 15.3. The predicted molar refractivity (Wildman–Crippen MR) is 94.2 cm³/mol. The van der Waals surface area contributed by atoms with E-state index in [0.717, 1.165) is 35.7 Å². The number of hydrogen-bond acceptors (Lipinski definition) is 5. The van der Waals surface area contributed by atoms with Gasteiger partial charge in [0.15, 0.2) is 0 Å². The molecule has 1 amide bonds. The summed E-state index contributed by atoms with van der Waals surface area (Å²) in [5, 5.41) is 7.31. The molecule has 0 unspecified atom stereocenters. The van der Waals surface area contributed by atoms with E-state index in [4.69, 9.17) is 0 Å². The number of nitrogens with zero attached hydrogens (tertiary/aromatic N) is 5. The van der Waals surface area contributed by atoms with E-state index in [1.54, 1.807) is 6.07 Å². The molecule has 7 heteroatoms. The van der Waals surface area contributed by atoms with Crippen molar-refractivity contribution < 1.29 is 4.79 Å². The lowest BCUT2D eigenvalue weighted by Crippen LogP contribution is -2.28. The van der Waals surface area contributed by atoms with Crippen LogP contribution in [0.2, 0.25) is 0 Å². The second-order valence-corrected chi connectivity index (χ2v) is 5.82. The van der Waals surface area contributed by atoms with E-state index in [9.17, 15) is 4.79 Å². The van der Waals surface area contributed by atoms with Gasteiger partial charge in [-0.05, 0) is 40.7 Å². The zero-order valence-corrected chi connectivity index (χ0v) is 15.3. The SMILES string of the molecule is CCN(CC)c1nc(C)cc(C(=O)NCc2c(C)nn(C)c2C)n1. The Balaban J connectivity index is 2.17. The summed E-state index contributed by atoms with van der Waals surface area (Å²) in [4.78, 5) is 23.4. The third-order valence-electron chi connectivity index (χ3n) is 4.21. The molecule has 0 saturated carbocycles. The first-order chi connectivity index (χ1) is 11.4. The molecule has 0 aromatic carbocycles. The van der Waals surface area contributed by atoms with E-state index >= 15 is 0 Å². The molecule has 0 bridgehead atoms. The van der Waals surface area contributed by atoms with Crippen molar-refractivity contribution in [2.24, 2.45) is 7.05 Å². The molecule has 0 spiro atoms. The Morgan fingerprint density at radius 1 is 1.21 bits per heavy atom. The van der Waals surface area contributed by atoms with Gasteiger partial charge in [-0.2, -0.15) is 5.10 Å². The van der Waals surface area contributed by atoms with Crippen molar-refractivity contribution in [2.75, 3.05) is 18.0 Å². The fraction of sp³-hybridized carbons (Fsp3) is 0.529. The van der Waals surface area contributed by atoms with Gasteiger partial charge in [-0.25, -0.2) is 9.97 Å². The van der Waals surface area contributed by atoms with Crippen LogP contribution in [0.5, 0.6) is 0 Å². The van der Waals surface area contributed by atoms with Crippen LogP contribution in [0.25, 0.3) is 0 Å². The standard InChI is InChI=1S/C17H26N6O/c1-7-23(8-2)17-19-11(3)9-15(20-17)16(24)18-10-14-12(4)21-22(6)13(14)5/h9H,7-8,10H2,1-6H3,(H,18,24). The fourth-order valence-corrected chi connectivity index (χ4v) is 2.65. The lowest BCUT2D eigenvalue weighted by molar-refractivity contribution is 0.0945. The van der Waals surface area contributed by atoms with Gasteiger partial charge in [0.2, 0.25) is 5.95 Å². The number of carbonyl (C=O) groups excluding carboxylic acids is 1. The molecular formula is C17H26N6O.